The lowest BCUT2D eigenvalue weighted by molar-refractivity contribution is -0.389. The maximum Gasteiger partial charge on any atom is 0.322 e. The van der Waals surface area contributed by atoms with E-state index in [1.54, 1.807) is 0 Å². The van der Waals surface area contributed by atoms with Crippen molar-refractivity contribution in [3.8, 4) is 0 Å². The number of nitrogens with zero attached hydrogens (tertiary/aromatic N) is 3. The summed E-state index contributed by atoms with van der Waals surface area (Å²) in [6.07, 6.45) is 0. The summed E-state index contributed by atoms with van der Waals surface area (Å²) in [5.74, 6) is -1.54. The zero-order valence-corrected chi connectivity index (χ0v) is 10.9. The Kier molecular flexibility index (Phi) is 3.79. The minimum absolute atomic E-state index is 0.0572. The van der Waals surface area contributed by atoms with Gasteiger partial charge in [0, 0.05) is 0 Å². The number of hydrogen-bond donors (Lipinski definition) is 1. The third kappa shape index (κ3) is 2.82. The van der Waals surface area contributed by atoms with Crippen molar-refractivity contribution in [2.24, 2.45) is 0 Å². The van der Waals surface area contributed by atoms with Crippen molar-refractivity contribution in [2.45, 2.75) is 16.8 Å². The molecule has 2 aromatic rings. The molecule has 2 N–H and O–H groups in total. The molecule has 0 spiro atoms. The van der Waals surface area contributed by atoms with Crippen LogP contribution >= 0.6 is 11.8 Å². The van der Waals surface area contributed by atoms with Gasteiger partial charge in [-0.25, -0.2) is 13.8 Å². The highest BCUT2D eigenvalue weighted by atomic mass is 32.2. The summed E-state index contributed by atoms with van der Waals surface area (Å²) in [6.45, 7) is 1.39. The summed E-state index contributed by atoms with van der Waals surface area (Å²) in [4.78, 5) is 17.6. The van der Waals surface area contributed by atoms with Crippen LogP contribution in [0.3, 0.4) is 0 Å². The highest BCUT2D eigenvalue weighted by Gasteiger charge is 2.23. The maximum atomic E-state index is 13.6. The van der Waals surface area contributed by atoms with Crippen molar-refractivity contribution >= 4 is 23.4 Å². The molecule has 0 saturated heterocycles. The maximum absolute atomic E-state index is 13.6. The van der Waals surface area contributed by atoms with Crippen LogP contribution in [0.1, 0.15) is 5.69 Å². The van der Waals surface area contributed by atoms with E-state index in [0.717, 1.165) is 18.2 Å². The Hall–Kier alpha value is -2.29. The van der Waals surface area contributed by atoms with Crippen molar-refractivity contribution in [1.82, 2.24) is 9.97 Å². The molecule has 0 saturated carbocycles. The number of benzene rings is 1. The Bertz CT molecular complexity index is 696. The molecule has 0 radical (unpaired) electrons. The van der Waals surface area contributed by atoms with Gasteiger partial charge in [-0.3, -0.25) is 10.1 Å². The van der Waals surface area contributed by atoms with E-state index in [2.05, 4.69) is 9.97 Å². The van der Waals surface area contributed by atoms with E-state index >= 15 is 0 Å². The summed E-state index contributed by atoms with van der Waals surface area (Å²) in [5, 5.41) is 10.9. The number of halogens is 2. The lowest BCUT2D eigenvalue weighted by Gasteiger charge is -2.06. The molecule has 2 rings (SSSR count). The third-order valence-electron chi connectivity index (χ3n) is 2.33. The van der Waals surface area contributed by atoms with Gasteiger partial charge in [0.25, 0.3) is 0 Å². The summed E-state index contributed by atoms with van der Waals surface area (Å²) in [7, 11) is 0. The lowest BCUT2D eigenvalue weighted by Crippen LogP contribution is -2.04. The second kappa shape index (κ2) is 5.37. The number of aromatic nitrogens is 2. The Morgan fingerprint density at radius 1 is 1.35 bits per heavy atom. The third-order valence-corrected chi connectivity index (χ3v) is 3.34. The molecule has 0 amide bonds. The van der Waals surface area contributed by atoms with Crippen LogP contribution in [0.2, 0.25) is 0 Å². The molecule has 0 aliphatic carbocycles. The largest absolute Gasteiger partial charge is 0.368 e. The van der Waals surface area contributed by atoms with Gasteiger partial charge in [0.2, 0.25) is 5.95 Å². The molecule has 1 heterocycles. The molecule has 0 unspecified atom stereocenters. The van der Waals surface area contributed by atoms with Crippen LogP contribution in [-0.2, 0) is 0 Å². The van der Waals surface area contributed by atoms with Crippen molar-refractivity contribution < 1.29 is 13.7 Å². The Morgan fingerprint density at radius 2 is 2.05 bits per heavy atom. The standard InChI is InChI=1S/C11H8F2N4O2S/c1-5-9(17(18)19)10(16-11(14)15-5)20-8-4-6(12)2-3-7(8)13/h2-4H,1H3,(H2,14,15,16). The first-order valence-corrected chi connectivity index (χ1v) is 6.11. The van der Waals surface area contributed by atoms with E-state index in [0.29, 0.717) is 11.8 Å². The average Bonchev–Trinajstić information content (AvgIpc) is 2.32. The van der Waals surface area contributed by atoms with Gasteiger partial charge in [-0.1, -0.05) is 11.8 Å². The van der Waals surface area contributed by atoms with Crippen LogP contribution in [0.4, 0.5) is 20.4 Å². The van der Waals surface area contributed by atoms with Crippen LogP contribution < -0.4 is 5.73 Å². The Morgan fingerprint density at radius 3 is 2.70 bits per heavy atom. The summed E-state index contributed by atoms with van der Waals surface area (Å²) in [6, 6.07) is 2.81. The van der Waals surface area contributed by atoms with Gasteiger partial charge in [-0.2, -0.15) is 4.98 Å². The normalized spacial score (nSPS) is 10.6. The predicted molar refractivity (Wildman–Crippen MR) is 68.3 cm³/mol. The molecule has 6 nitrogen and oxygen atoms in total. The van der Waals surface area contributed by atoms with Crippen molar-refractivity contribution in [3.63, 3.8) is 0 Å². The molecule has 0 aliphatic rings. The molecule has 9 heteroatoms. The van der Waals surface area contributed by atoms with Crippen LogP contribution in [-0.4, -0.2) is 14.9 Å². The quantitative estimate of drug-likeness (QED) is 0.532. The lowest BCUT2D eigenvalue weighted by atomic mass is 10.3. The van der Waals surface area contributed by atoms with Gasteiger partial charge in [0.1, 0.15) is 17.3 Å². The number of nitrogens with two attached hydrogens (primary N) is 1. The molecular weight excluding hydrogens is 290 g/mol. The zero-order chi connectivity index (χ0) is 14.9. The van der Waals surface area contributed by atoms with Crippen molar-refractivity contribution in [1.29, 1.82) is 0 Å². The van der Waals surface area contributed by atoms with Crippen LogP contribution in [0.25, 0.3) is 0 Å². The van der Waals surface area contributed by atoms with Gasteiger partial charge in [-0.05, 0) is 25.1 Å². The van der Waals surface area contributed by atoms with E-state index in [4.69, 9.17) is 5.73 Å². The fraction of sp³-hybridized carbons (Fsp3) is 0.0909. The Balaban J connectivity index is 2.53. The molecule has 20 heavy (non-hydrogen) atoms. The van der Waals surface area contributed by atoms with Crippen LogP contribution in [0.5, 0.6) is 0 Å². The molecule has 0 atom stereocenters. The number of nitro groups is 1. The summed E-state index contributed by atoms with van der Waals surface area (Å²) >= 11 is 0.624. The van der Waals surface area contributed by atoms with Crippen LogP contribution in [0, 0.1) is 28.7 Å². The van der Waals surface area contributed by atoms with Gasteiger partial charge >= 0.3 is 5.69 Å². The monoisotopic (exact) mass is 298 g/mol. The second-order valence-corrected chi connectivity index (χ2v) is 4.79. The fourth-order valence-electron chi connectivity index (χ4n) is 1.50. The zero-order valence-electron chi connectivity index (χ0n) is 10.1. The first-order valence-electron chi connectivity index (χ1n) is 5.30. The van der Waals surface area contributed by atoms with Crippen LogP contribution in [0.15, 0.2) is 28.1 Å². The molecule has 1 aromatic carbocycles. The first kappa shape index (κ1) is 14.1. The van der Waals surface area contributed by atoms with E-state index in [1.807, 2.05) is 0 Å². The molecule has 0 aliphatic heterocycles. The average molecular weight is 298 g/mol. The highest BCUT2D eigenvalue weighted by Crippen LogP contribution is 2.36. The van der Waals surface area contributed by atoms with Gasteiger partial charge in [-0.15, -0.1) is 0 Å². The molecule has 0 bridgehead atoms. The van der Waals surface area contributed by atoms with E-state index in [9.17, 15) is 18.9 Å². The van der Waals surface area contributed by atoms with E-state index in [1.165, 1.54) is 6.92 Å². The summed E-state index contributed by atoms with van der Waals surface area (Å²) in [5.41, 5.74) is 5.10. The summed E-state index contributed by atoms with van der Waals surface area (Å²) < 4.78 is 26.7. The van der Waals surface area contributed by atoms with Gasteiger partial charge < -0.3 is 5.73 Å². The predicted octanol–water partition coefficient (Wildman–Crippen LogP) is 2.70. The molecule has 104 valence electrons. The smallest absolute Gasteiger partial charge is 0.322 e. The molecule has 1 aromatic heterocycles. The molecule has 0 fully saturated rings. The highest BCUT2D eigenvalue weighted by molar-refractivity contribution is 7.99. The second-order valence-electron chi connectivity index (χ2n) is 3.75. The number of hydrogen-bond acceptors (Lipinski definition) is 6. The number of aryl methyl sites for hydroxylation is 1. The first-order chi connectivity index (χ1) is 9.38. The SMILES string of the molecule is Cc1nc(N)nc(Sc2cc(F)ccc2F)c1[N+](=O)[O-]. The van der Waals surface area contributed by atoms with Gasteiger partial charge in [0.05, 0.1) is 9.82 Å². The van der Waals surface area contributed by atoms with Crippen molar-refractivity contribution in [3.05, 3.63) is 45.6 Å². The van der Waals surface area contributed by atoms with Crippen molar-refractivity contribution in [2.75, 3.05) is 5.73 Å². The number of rotatable bonds is 3. The minimum atomic E-state index is -0.708. The minimum Gasteiger partial charge on any atom is -0.368 e. The van der Waals surface area contributed by atoms with Gasteiger partial charge in [0.15, 0.2) is 5.03 Å². The topological polar surface area (TPSA) is 94.9 Å². The fourth-order valence-corrected chi connectivity index (χ4v) is 2.51. The molecular formula is C11H8F2N4O2S. The number of nitrogen functional groups attached to an aromatic ring is 1. The van der Waals surface area contributed by atoms with E-state index < -0.39 is 16.6 Å². The Labute approximate surface area is 116 Å². The number of anilines is 1. The van der Waals surface area contributed by atoms with E-state index in [-0.39, 0.29) is 27.3 Å².